The van der Waals surface area contributed by atoms with Gasteiger partial charge in [-0.1, -0.05) is 0 Å². The molecule has 6 nitrogen and oxygen atoms in total. The fourth-order valence-electron chi connectivity index (χ4n) is 1.84. The van der Waals surface area contributed by atoms with Gasteiger partial charge in [-0.25, -0.2) is 14.2 Å². The predicted molar refractivity (Wildman–Crippen MR) is 87.3 cm³/mol. The number of halogens is 1. The van der Waals surface area contributed by atoms with Gasteiger partial charge in [0.05, 0.1) is 16.9 Å². The van der Waals surface area contributed by atoms with E-state index in [1.807, 2.05) is 5.38 Å². The minimum Gasteiger partial charge on any atom is -0.345 e. The van der Waals surface area contributed by atoms with Crippen LogP contribution in [-0.4, -0.2) is 42.5 Å². The Balaban J connectivity index is 1.94. The highest BCUT2D eigenvalue weighted by atomic mass is 32.1. The SMILES string of the molecule is CN(C)C(=O)c1ccc(F)c(NC(=O)NCCc2cscn2)c1. The lowest BCUT2D eigenvalue weighted by Crippen LogP contribution is -2.31. The molecule has 23 heavy (non-hydrogen) atoms. The summed E-state index contributed by atoms with van der Waals surface area (Å²) < 4.78 is 13.8. The number of thiazole rings is 1. The summed E-state index contributed by atoms with van der Waals surface area (Å²) in [6, 6.07) is 3.32. The van der Waals surface area contributed by atoms with Crippen LogP contribution >= 0.6 is 11.3 Å². The summed E-state index contributed by atoms with van der Waals surface area (Å²) >= 11 is 1.48. The maximum atomic E-state index is 13.8. The normalized spacial score (nSPS) is 10.2. The third-order valence-electron chi connectivity index (χ3n) is 3.02. The van der Waals surface area contributed by atoms with Crippen molar-refractivity contribution in [2.45, 2.75) is 6.42 Å². The van der Waals surface area contributed by atoms with Gasteiger partial charge in [0.2, 0.25) is 0 Å². The summed E-state index contributed by atoms with van der Waals surface area (Å²) in [5.74, 6) is -0.869. The summed E-state index contributed by atoms with van der Waals surface area (Å²) in [5, 5.41) is 6.93. The van der Waals surface area contributed by atoms with Crippen molar-refractivity contribution in [3.63, 3.8) is 0 Å². The summed E-state index contributed by atoms with van der Waals surface area (Å²) in [6.45, 7) is 0.382. The third-order valence-corrected chi connectivity index (χ3v) is 3.65. The van der Waals surface area contributed by atoms with E-state index in [9.17, 15) is 14.0 Å². The molecule has 8 heteroatoms. The number of urea groups is 1. The van der Waals surface area contributed by atoms with Gasteiger partial charge < -0.3 is 15.5 Å². The number of benzene rings is 1. The van der Waals surface area contributed by atoms with E-state index in [1.54, 1.807) is 19.6 Å². The Morgan fingerprint density at radius 3 is 2.78 bits per heavy atom. The quantitative estimate of drug-likeness (QED) is 0.880. The number of rotatable bonds is 5. The molecule has 2 N–H and O–H groups in total. The van der Waals surface area contributed by atoms with E-state index >= 15 is 0 Å². The van der Waals surface area contributed by atoms with E-state index in [1.165, 1.54) is 28.4 Å². The van der Waals surface area contributed by atoms with Crippen molar-refractivity contribution in [1.29, 1.82) is 0 Å². The lowest BCUT2D eigenvalue weighted by Gasteiger charge is -2.12. The van der Waals surface area contributed by atoms with Gasteiger partial charge in [-0.05, 0) is 18.2 Å². The first-order valence-electron chi connectivity index (χ1n) is 6.90. The van der Waals surface area contributed by atoms with Crippen molar-refractivity contribution in [3.05, 3.63) is 46.2 Å². The van der Waals surface area contributed by atoms with Crippen LogP contribution in [0, 0.1) is 5.82 Å². The second-order valence-electron chi connectivity index (χ2n) is 5.00. The molecule has 1 aromatic heterocycles. The highest BCUT2D eigenvalue weighted by molar-refractivity contribution is 7.07. The Kier molecular flexibility index (Phi) is 5.64. The average molecular weight is 336 g/mol. The topological polar surface area (TPSA) is 74.3 Å². The molecule has 0 aliphatic rings. The van der Waals surface area contributed by atoms with Crippen LogP contribution in [0.3, 0.4) is 0 Å². The minimum absolute atomic E-state index is 0.0381. The number of hydrogen-bond donors (Lipinski definition) is 2. The molecule has 122 valence electrons. The zero-order valence-electron chi connectivity index (χ0n) is 12.8. The van der Waals surface area contributed by atoms with Crippen molar-refractivity contribution in [2.75, 3.05) is 26.0 Å². The molecular weight excluding hydrogens is 319 g/mol. The van der Waals surface area contributed by atoms with Crippen LogP contribution in [0.4, 0.5) is 14.9 Å². The first-order valence-corrected chi connectivity index (χ1v) is 7.85. The van der Waals surface area contributed by atoms with Crippen molar-refractivity contribution in [1.82, 2.24) is 15.2 Å². The average Bonchev–Trinajstić information content (AvgIpc) is 3.02. The largest absolute Gasteiger partial charge is 0.345 e. The Bertz CT molecular complexity index is 689. The molecule has 0 saturated heterocycles. The molecule has 0 bridgehead atoms. The molecule has 0 unspecified atom stereocenters. The summed E-state index contributed by atoms with van der Waals surface area (Å²) in [7, 11) is 3.20. The third kappa shape index (κ3) is 4.75. The molecular formula is C15H17FN4O2S. The number of hydrogen-bond acceptors (Lipinski definition) is 4. The summed E-state index contributed by atoms with van der Waals surface area (Å²) in [4.78, 5) is 29.2. The van der Waals surface area contributed by atoms with Gasteiger partial charge in [-0.2, -0.15) is 0 Å². The van der Waals surface area contributed by atoms with Crippen molar-refractivity contribution in [3.8, 4) is 0 Å². The minimum atomic E-state index is -0.602. The lowest BCUT2D eigenvalue weighted by atomic mass is 10.1. The van der Waals surface area contributed by atoms with E-state index in [0.29, 0.717) is 18.5 Å². The number of carbonyl (C=O) groups excluding carboxylic acids is 2. The van der Waals surface area contributed by atoms with Crippen LogP contribution < -0.4 is 10.6 Å². The second kappa shape index (κ2) is 7.68. The number of amides is 3. The Hall–Kier alpha value is -2.48. The number of aromatic nitrogens is 1. The van der Waals surface area contributed by atoms with Gasteiger partial charge in [0.15, 0.2) is 0 Å². The zero-order chi connectivity index (χ0) is 16.8. The fourth-order valence-corrected chi connectivity index (χ4v) is 2.44. The molecule has 1 heterocycles. The van der Waals surface area contributed by atoms with Crippen LogP contribution in [0.2, 0.25) is 0 Å². The Morgan fingerprint density at radius 1 is 1.35 bits per heavy atom. The predicted octanol–water partition coefficient (Wildman–Crippen LogP) is 2.35. The molecule has 0 aliphatic heterocycles. The first-order chi connectivity index (χ1) is 11.0. The molecule has 2 rings (SSSR count). The Morgan fingerprint density at radius 2 is 2.13 bits per heavy atom. The Labute approximate surface area is 137 Å². The van der Waals surface area contributed by atoms with Crippen LogP contribution in [0.15, 0.2) is 29.1 Å². The van der Waals surface area contributed by atoms with E-state index in [2.05, 4.69) is 15.6 Å². The number of anilines is 1. The number of nitrogens with zero attached hydrogens (tertiary/aromatic N) is 2. The van der Waals surface area contributed by atoms with Crippen LogP contribution in [0.5, 0.6) is 0 Å². The van der Waals surface area contributed by atoms with Crippen molar-refractivity contribution in [2.24, 2.45) is 0 Å². The number of nitrogens with one attached hydrogen (secondary N) is 2. The van der Waals surface area contributed by atoms with E-state index in [0.717, 1.165) is 11.8 Å². The molecule has 0 spiro atoms. The maximum absolute atomic E-state index is 13.8. The molecule has 0 aliphatic carbocycles. The summed E-state index contributed by atoms with van der Waals surface area (Å²) in [5.41, 5.74) is 2.87. The molecule has 0 fully saturated rings. The van der Waals surface area contributed by atoms with Gasteiger partial charge in [-0.3, -0.25) is 4.79 Å². The molecule has 2 aromatic rings. The zero-order valence-corrected chi connectivity index (χ0v) is 13.6. The van der Waals surface area contributed by atoms with Gasteiger partial charge in [0.1, 0.15) is 5.82 Å². The monoisotopic (exact) mass is 336 g/mol. The first kappa shape index (κ1) is 16.9. The maximum Gasteiger partial charge on any atom is 0.319 e. The molecule has 0 saturated carbocycles. The van der Waals surface area contributed by atoms with Gasteiger partial charge in [0.25, 0.3) is 5.91 Å². The smallest absolute Gasteiger partial charge is 0.319 e. The van der Waals surface area contributed by atoms with E-state index in [4.69, 9.17) is 0 Å². The second-order valence-corrected chi connectivity index (χ2v) is 5.72. The summed E-state index contributed by atoms with van der Waals surface area (Å²) in [6.07, 6.45) is 0.596. The molecule has 0 atom stereocenters. The van der Waals surface area contributed by atoms with E-state index in [-0.39, 0.29) is 11.6 Å². The molecule has 3 amide bonds. The highest BCUT2D eigenvalue weighted by Crippen LogP contribution is 2.17. The molecule has 0 radical (unpaired) electrons. The van der Waals surface area contributed by atoms with Crippen LogP contribution in [-0.2, 0) is 6.42 Å². The van der Waals surface area contributed by atoms with Crippen LogP contribution in [0.25, 0.3) is 0 Å². The fraction of sp³-hybridized carbons (Fsp3) is 0.267. The lowest BCUT2D eigenvalue weighted by molar-refractivity contribution is 0.0827. The highest BCUT2D eigenvalue weighted by Gasteiger charge is 2.13. The van der Waals surface area contributed by atoms with Crippen molar-refractivity contribution < 1.29 is 14.0 Å². The van der Waals surface area contributed by atoms with E-state index < -0.39 is 11.8 Å². The van der Waals surface area contributed by atoms with Crippen LogP contribution in [0.1, 0.15) is 16.1 Å². The number of carbonyl (C=O) groups is 2. The van der Waals surface area contributed by atoms with Gasteiger partial charge >= 0.3 is 6.03 Å². The van der Waals surface area contributed by atoms with Crippen molar-refractivity contribution >= 4 is 29.0 Å². The standard InChI is InChI=1S/C15H17FN4O2S/c1-20(2)14(21)10-3-4-12(16)13(7-10)19-15(22)17-6-5-11-8-23-9-18-11/h3-4,7-9H,5-6H2,1-2H3,(H2,17,19,22). The van der Waals surface area contributed by atoms with Gasteiger partial charge in [-0.15, -0.1) is 11.3 Å². The molecule has 1 aromatic carbocycles. The van der Waals surface area contributed by atoms with Gasteiger partial charge in [0, 0.05) is 38.0 Å².